The molecule has 1 amide bonds. The summed E-state index contributed by atoms with van der Waals surface area (Å²) in [6.07, 6.45) is 0.930. The van der Waals surface area contributed by atoms with Crippen molar-refractivity contribution in [3.05, 3.63) is 11.4 Å². The normalized spacial score (nSPS) is 10.5. The smallest absolute Gasteiger partial charge is 0.239 e. The summed E-state index contributed by atoms with van der Waals surface area (Å²) in [5, 5.41) is 8.98. The van der Waals surface area contributed by atoms with Crippen LogP contribution in [-0.2, 0) is 4.79 Å². The largest absolute Gasteiger partial charge is 0.373 e. The Morgan fingerprint density at radius 1 is 1.25 bits per heavy atom. The fraction of sp³-hybridized carbons (Fsp3) is 0.643. The molecular formula is C14H25N5O. The number of rotatable bonds is 7. The van der Waals surface area contributed by atoms with E-state index < -0.39 is 0 Å². The molecule has 0 spiro atoms. The Bertz CT molecular complexity index is 459. The standard InChI is InChI=1S/C14H25N5O/c1-6-7-16-11(20)8-17-14-10(4)13(15-5)18-12(19-14)9(2)3/h9H,6-8H2,1-5H3,(H,16,20)(H2,15,17,18,19). The predicted molar refractivity (Wildman–Crippen MR) is 82.2 cm³/mol. The van der Waals surface area contributed by atoms with Crippen molar-refractivity contribution in [1.82, 2.24) is 15.3 Å². The van der Waals surface area contributed by atoms with E-state index in [1.54, 1.807) is 0 Å². The lowest BCUT2D eigenvalue weighted by molar-refractivity contribution is -0.119. The van der Waals surface area contributed by atoms with E-state index >= 15 is 0 Å². The molecule has 0 unspecified atom stereocenters. The van der Waals surface area contributed by atoms with Gasteiger partial charge in [0.1, 0.15) is 17.5 Å². The van der Waals surface area contributed by atoms with Crippen LogP contribution in [0.5, 0.6) is 0 Å². The zero-order valence-corrected chi connectivity index (χ0v) is 13.0. The van der Waals surface area contributed by atoms with Crippen molar-refractivity contribution in [3.8, 4) is 0 Å². The molecular weight excluding hydrogens is 254 g/mol. The molecule has 0 aromatic carbocycles. The average Bonchev–Trinajstić information content (AvgIpc) is 2.43. The monoisotopic (exact) mass is 279 g/mol. The van der Waals surface area contributed by atoms with Crippen molar-refractivity contribution in [2.75, 3.05) is 30.8 Å². The van der Waals surface area contributed by atoms with Crippen molar-refractivity contribution < 1.29 is 4.79 Å². The predicted octanol–water partition coefficient (Wildman–Crippen LogP) is 1.89. The average molecular weight is 279 g/mol. The van der Waals surface area contributed by atoms with E-state index in [1.165, 1.54) is 0 Å². The van der Waals surface area contributed by atoms with Gasteiger partial charge in [-0.25, -0.2) is 9.97 Å². The number of nitrogens with zero attached hydrogens (tertiary/aromatic N) is 2. The first kappa shape index (κ1) is 16.2. The van der Waals surface area contributed by atoms with E-state index in [9.17, 15) is 4.79 Å². The van der Waals surface area contributed by atoms with Gasteiger partial charge in [0.25, 0.3) is 0 Å². The molecule has 20 heavy (non-hydrogen) atoms. The highest BCUT2D eigenvalue weighted by molar-refractivity contribution is 5.80. The first-order valence-corrected chi connectivity index (χ1v) is 7.06. The van der Waals surface area contributed by atoms with Gasteiger partial charge >= 0.3 is 0 Å². The van der Waals surface area contributed by atoms with E-state index in [1.807, 2.05) is 34.7 Å². The number of hydrogen-bond donors (Lipinski definition) is 3. The summed E-state index contributed by atoms with van der Waals surface area (Å²) >= 11 is 0. The first-order valence-electron chi connectivity index (χ1n) is 7.06. The van der Waals surface area contributed by atoms with Gasteiger partial charge in [0.2, 0.25) is 5.91 Å². The van der Waals surface area contributed by atoms with Gasteiger partial charge in [0.05, 0.1) is 6.54 Å². The van der Waals surface area contributed by atoms with Crippen LogP contribution in [0.4, 0.5) is 11.6 Å². The molecule has 6 heteroatoms. The fourth-order valence-corrected chi connectivity index (χ4v) is 1.70. The minimum atomic E-state index is -0.0260. The van der Waals surface area contributed by atoms with E-state index in [-0.39, 0.29) is 18.4 Å². The van der Waals surface area contributed by atoms with E-state index in [0.29, 0.717) is 12.4 Å². The topological polar surface area (TPSA) is 78.9 Å². The van der Waals surface area contributed by atoms with Crippen LogP contribution in [0, 0.1) is 6.92 Å². The van der Waals surface area contributed by atoms with Gasteiger partial charge in [-0.15, -0.1) is 0 Å². The fourth-order valence-electron chi connectivity index (χ4n) is 1.70. The Morgan fingerprint density at radius 3 is 2.45 bits per heavy atom. The van der Waals surface area contributed by atoms with Crippen LogP contribution in [0.2, 0.25) is 0 Å². The molecule has 0 aliphatic heterocycles. The zero-order chi connectivity index (χ0) is 15.1. The van der Waals surface area contributed by atoms with Crippen molar-refractivity contribution in [2.45, 2.75) is 40.0 Å². The Labute approximate surface area is 120 Å². The molecule has 0 radical (unpaired) electrons. The van der Waals surface area contributed by atoms with Crippen LogP contribution in [0.25, 0.3) is 0 Å². The molecule has 3 N–H and O–H groups in total. The number of carbonyl (C=O) groups is 1. The highest BCUT2D eigenvalue weighted by Crippen LogP contribution is 2.22. The molecule has 6 nitrogen and oxygen atoms in total. The second-order valence-electron chi connectivity index (χ2n) is 5.01. The number of anilines is 2. The zero-order valence-electron chi connectivity index (χ0n) is 13.0. The second kappa shape index (κ2) is 7.67. The first-order chi connectivity index (χ1) is 9.49. The van der Waals surface area contributed by atoms with Gasteiger partial charge in [0, 0.05) is 25.1 Å². The molecule has 0 bridgehead atoms. The van der Waals surface area contributed by atoms with Crippen LogP contribution >= 0.6 is 0 Å². The van der Waals surface area contributed by atoms with Crippen LogP contribution in [0.3, 0.4) is 0 Å². The SMILES string of the molecule is CCCNC(=O)CNc1nc(C(C)C)nc(NC)c1C. The summed E-state index contributed by atoms with van der Waals surface area (Å²) < 4.78 is 0. The molecule has 0 aliphatic carbocycles. The highest BCUT2D eigenvalue weighted by Gasteiger charge is 2.12. The Hall–Kier alpha value is -1.85. The van der Waals surface area contributed by atoms with E-state index in [0.717, 1.165) is 23.6 Å². The third-order valence-corrected chi connectivity index (χ3v) is 2.90. The molecule has 1 aromatic heterocycles. The van der Waals surface area contributed by atoms with Crippen molar-refractivity contribution in [3.63, 3.8) is 0 Å². The number of amides is 1. The lowest BCUT2D eigenvalue weighted by Crippen LogP contribution is -2.30. The number of hydrogen-bond acceptors (Lipinski definition) is 5. The number of nitrogens with one attached hydrogen (secondary N) is 3. The minimum absolute atomic E-state index is 0.0260. The quantitative estimate of drug-likeness (QED) is 0.710. The third kappa shape index (κ3) is 4.36. The van der Waals surface area contributed by atoms with Crippen molar-refractivity contribution >= 4 is 17.5 Å². The van der Waals surface area contributed by atoms with Gasteiger partial charge in [-0.2, -0.15) is 0 Å². The molecule has 1 heterocycles. The molecule has 0 saturated carbocycles. The van der Waals surface area contributed by atoms with E-state index in [2.05, 4.69) is 25.9 Å². The molecule has 0 aliphatic rings. The molecule has 1 aromatic rings. The van der Waals surface area contributed by atoms with Gasteiger partial charge < -0.3 is 16.0 Å². The number of aromatic nitrogens is 2. The Morgan fingerprint density at radius 2 is 1.90 bits per heavy atom. The lowest BCUT2D eigenvalue weighted by atomic mass is 10.2. The van der Waals surface area contributed by atoms with E-state index in [4.69, 9.17) is 0 Å². The molecule has 0 atom stereocenters. The van der Waals surface area contributed by atoms with Crippen LogP contribution in [0.1, 0.15) is 44.5 Å². The van der Waals surface area contributed by atoms with Gasteiger partial charge in [0.15, 0.2) is 0 Å². The lowest BCUT2D eigenvalue weighted by Gasteiger charge is -2.15. The summed E-state index contributed by atoms with van der Waals surface area (Å²) in [6, 6.07) is 0. The maximum Gasteiger partial charge on any atom is 0.239 e. The Balaban J connectivity index is 2.82. The molecule has 1 rings (SSSR count). The van der Waals surface area contributed by atoms with Crippen LogP contribution in [0.15, 0.2) is 0 Å². The molecule has 0 saturated heterocycles. The Kier molecular flexibility index (Phi) is 6.21. The van der Waals surface area contributed by atoms with Crippen LogP contribution < -0.4 is 16.0 Å². The van der Waals surface area contributed by atoms with Crippen molar-refractivity contribution in [2.24, 2.45) is 0 Å². The summed E-state index contributed by atoms with van der Waals surface area (Å²) in [6.45, 7) is 8.96. The summed E-state index contributed by atoms with van der Waals surface area (Å²) in [5.41, 5.74) is 0.917. The number of carbonyl (C=O) groups excluding carboxylic acids is 1. The molecule has 0 fully saturated rings. The summed E-state index contributed by atoms with van der Waals surface area (Å²) in [5.74, 6) is 2.47. The van der Waals surface area contributed by atoms with Gasteiger partial charge in [-0.05, 0) is 13.3 Å². The summed E-state index contributed by atoms with van der Waals surface area (Å²) in [4.78, 5) is 20.6. The highest BCUT2D eigenvalue weighted by atomic mass is 16.1. The minimum Gasteiger partial charge on any atom is -0.373 e. The van der Waals surface area contributed by atoms with Crippen molar-refractivity contribution in [1.29, 1.82) is 0 Å². The maximum absolute atomic E-state index is 11.6. The summed E-state index contributed by atoms with van der Waals surface area (Å²) in [7, 11) is 1.83. The van der Waals surface area contributed by atoms with Gasteiger partial charge in [-0.3, -0.25) is 4.79 Å². The second-order valence-corrected chi connectivity index (χ2v) is 5.01. The van der Waals surface area contributed by atoms with Crippen LogP contribution in [-0.4, -0.2) is 36.0 Å². The maximum atomic E-state index is 11.6. The molecule has 112 valence electrons. The third-order valence-electron chi connectivity index (χ3n) is 2.90. The van der Waals surface area contributed by atoms with Gasteiger partial charge in [-0.1, -0.05) is 20.8 Å².